The maximum atomic E-state index is 13.1. The lowest BCUT2D eigenvalue weighted by molar-refractivity contribution is -0.130. The average Bonchev–Trinajstić information content (AvgIpc) is 3.51. The van der Waals surface area contributed by atoms with Crippen molar-refractivity contribution in [2.45, 2.75) is 16.8 Å². The second kappa shape index (κ2) is 9.02. The van der Waals surface area contributed by atoms with Gasteiger partial charge in [0, 0.05) is 6.42 Å². The molecule has 1 aromatic carbocycles. The van der Waals surface area contributed by atoms with Gasteiger partial charge >= 0.3 is 0 Å². The Morgan fingerprint density at radius 1 is 1.27 bits per heavy atom. The molecule has 0 spiro atoms. The number of amides is 1. The monoisotopic (exact) mass is 461 g/mol. The summed E-state index contributed by atoms with van der Waals surface area (Å²) in [6.07, 6.45) is 0.623. The molecule has 0 unspecified atom stereocenters. The zero-order valence-corrected chi connectivity index (χ0v) is 18.7. The molecule has 3 heterocycles. The Morgan fingerprint density at radius 3 is 2.77 bits per heavy atom. The number of methoxy groups -OCH3 is 2. The third-order valence-electron chi connectivity index (χ3n) is 4.51. The molecule has 1 atom stereocenters. The van der Waals surface area contributed by atoms with Crippen molar-refractivity contribution in [3.63, 3.8) is 0 Å². The second-order valence-electron chi connectivity index (χ2n) is 6.29. The van der Waals surface area contributed by atoms with Crippen molar-refractivity contribution in [3.05, 3.63) is 46.2 Å². The van der Waals surface area contributed by atoms with Gasteiger partial charge in [0.1, 0.15) is 0 Å². The van der Waals surface area contributed by atoms with Crippen molar-refractivity contribution in [1.29, 1.82) is 0 Å². The number of hydrogen-bond acceptors (Lipinski definition) is 10. The summed E-state index contributed by atoms with van der Waals surface area (Å²) in [7, 11) is 3.19. The molecule has 0 aliphatic carbocycles. The van der Waals surface area contributed by atoms with E-state index in [4.69, 9.17) is 15.2 Å². The first-order chi connectivity index (χ1) is 14.6. The molecule has 1 amide bonds. The number of thiophene rings is 1. The Hall–Kier alpha value is -2.63. The van der Waals surface area contributed by atoms with Gasteiger partial charge in [0.25, 0.3) is 5.91 Å². The van der Waals surface area contributed by atoms with E-state index in [-0.39, 0.29) is 17.7 Å². The van der Waals surface area contributed by atoms with Gasteiger partial charge in [-0.15, -0.1) is 21.5 Å². The van der Waals surface area contributed by atoms with Crippen molar-refractivity contribution in [2.24, 2.45) is 5.10 Å². The quantitative estimate of drug-likeness (QED) is 0.536. The summed E-state index contributed by atoms with van der Waals surface area (Å²) in [4.78, 5) is 14.1. The summed E-state index contributed by atoms with van der Waals surface area (Å²) in [6, 6.07) is 9.46. The molecule has 1 aliphatic heterocycles. The summed E-state index contributed by atoms with van der Waals surface area (Å²) in [6.45, 7) is 0. The Balaban J connectivity index is 1.60. The SMILES string of the molecule is COc1ccc([C@@H]2CC(c3cccs3)=NN2C(=O)CSc2nnc(N)s2)cc1OC. The smallest absolute Gasteiger partial charge is 0.253 e. The maximum absolute atomic E-state index is 13.1. The highest BCUT2D eigenvalue weighted by Gasteiger charge is 2.34. The Labute approximate surface area is 185 Å². The van der Waals surface area contributed by atoms with Crippen LogP contribution >= 0.6 is 34.4 Å². The van der Waals surface area contributed by atoms with Crippen LogP contribution in [0.25, 0.3) is 0 Å². The fourth-order valence-corrected chi connectivity index (χ4v) is 5.33. The van der Waals surface area contributed by atoms with Crippen LogP contribution in [-0.2, 0) is 4.79 Å². The molecule has 2 aromatic heterocycles. The van der Waals surface area contributed by atoms with Crippen LogP contribution in [0.2, 0.25) is 0 Å². The molecule has 0 saturated carbocycles. The van der Waals surface area contributed by atoms with E-state index in [0.29, 0.717) is 27.4 Å². The highest BCUT2D eigenvalue weighted by Crippen LogP contribution is 2.38. The zero-order valence-electron chi connectivity index (χ0n) is 16.3. The van der Waals surface area contributed by atoms with E-state index in [1.807, 2.05) is 35.7 Å². The maximum Gasteiger partial charge on any atom is 0.253 e. The van der Waals surface area contributed by atoms with Crippen LogP contribution in [0, 0.1) is 0 Å². The van der Waals surface area contributed by atoms with Crippen LogP contribution in [-0.4, -0.2) is 46.8 Å². The van der Waals surface area contributed by atoms with Gasteiger partial charge < -0.3 is 15.2 Å². The number of benzene rings is 1. The first kappa shape index (κ1) is 20.6. The third kappa shape index (κ3) is 4.27. The van der Waals surface area contributed by atoms with Crippen molar-refractivity contribution < 1.29 is 14.3 Å². The van der Waals surface area contributed by atoms with Crippen LogP contribution in [0.15, 0.2) is 45.2 Å². The number of aromatic nitrogens is 2. The number of ether oxygens (including phenoxy) is 2. The first-order valence-electron chi connectivity index (χ1n) is 8.96. The molecule has 11 heteroatoms. The normalized spacial score (nSPS) is 15.9. The summed E-state index contributed by atoms with van der Waals surface area (Å²) in [5.74, 6) is 1.34. The molecule has 0 saturated heterocycles. The fourth-order valence-electron chi connectivity index (χ4n) is 3.12. The molecular weight excluding hydrogens is 442 g/mol. The van der Waals surface area contributed by atoms with E-state index >= 15 is 0 Å². The van der Waals surface area contributed by atoms with Crippen molar-refractivity contribution in [3.8, 4) is 11.5 Å². The number of rotatable bonds is 7. The molecule has 30 heavy (non-hydrogen) atoms. The van der Waals surface area contributed by atoms with Crippen molar-refractivity contribution >= 4 is 51.2 Å². The topological polar surface area (TPSA) is 103 Å². The summed E-state index contributed by atoms with van der Waals surface area (Å²) < 4.78 is 11.4. The second-order valence-corrected chi connectivity index (χ2v) is 9.47. The summed E-state index contributed by atoms with van der Waals surface area (Å²) in [5, 5.41) is 16.4. The van der Waals surface area contributed by atoms with Gasteiger partial charge in [-0.05, 0) is 29.1 Å². The molecule has 0 fully saturated rings. The lowest BCUT2D eigenvalue weighted by atomic mass is 10.0. The van der Waals surface area contributed by atoms with Gasteiger partial charge in [0.2, 0.25) is 5.13 Å². The van der Waals surface area contributed by atoms with Gasteiger partial charge in [-0.25, -0.2) is 5.01 Å². The Bertz CT molecular complexity index is 1070. The number of carbonyl (C=O) groups is 1. The Morgan fingerprint density at radius 2 is 2.10 bits per heavy atom. The Kier molecular flexibility index (Phi) is 6.21. The number of thioether (sulfide) groups is 1. The minimum absolute atomic E-state index is 0.111. The molecule has 0 radical (unpaired) electrons. The van der Waals surface area contributed by atoms with E-state index in [1.54, 1.807) is 30.6 Å². The lowest BCUT2D eigenvalue weighted by Gasteiger charge is -2.22. The zero-order chi connectivity index (χ0) is 21.1. The molecule has 1 aliphatic rings. The number of carbonyl (C=O) groups excluding carboxylic acids is 1. The van der Waals surface area contributed by atoms with E-state index in [9.17, 15) is 4.79 Å². The van der Waals surface area contributed by atoms with E-state index in [1.165, 1.54) is 23.1 Å². The van der Waals surface area contributed by atoms with Crippen molar-refractivity contribution in [2.75, 3.05) is 25.7 Å². The molecular formula is C19H19N5O3S3. The number of nitrogens with zero attached hydrogens (tertiary/aromatic N) is 4. The number of nitrogens with two attached hydrogens (primary N) is 1. The van der Waals surface area contributed by atoms with Crippen molar-refractivity contribution in [1.82, 2.24) is 15.2 Å². The lowest BCUT2D eigenvalue weighted by Crippen LogP contribution is -2.28. The largest absolute Gasteiger partial charge is 0.493 e. The van der Waals surface area contributed by atoms with Gasteiger partial charge in [0.15, 0.2) is 15.8 Å². The van der Waals surface area contributed by atoms with Gasteiger partial charge in [-0.2, -0.15) is 5.10 Å². The standard InChI is InChI=1S/C19H19N5O3S3/c1-26-14-6-5-11(8-15(14)27-2)13-9-12(16-4-3-7-28-16)23-24(13)17(25)10-29-19-22-21-18(20)30-19/h3-8,13H,9-10H2,1-2H3,(H2,20,21)/t13-/m0/s1. The first-order valence-corrected chi connectivity index (χ1v) is 11.6. The highest BCUT2D eigenvalue weighted by atomic mass is 32.2. The molecule has 2 N–H and O–H groups in total. The molecule has 8 nitrogen and oxygen atoms in total. The summed E-state index contributed by atoms with van der Waals surface area (Å²) >= 11 is 4.18. The van der Waals surface area contributed by atoms with Crippen LogP contribution in [0.1, 0.15) is 22.9 Å². The van der Waals surface area contributed by atoms with E-state index in [0.717, 1.165) is 16.2 Å². The average molecular weight is 462 g/mol. The molecule has 0 bridgehead atoms. The minimum atomic E-state index is -0.227. The van der Waals surface area contributed by atoms with E-state index < -0.39 is 0 Å². The number of hydrogen-bond donors (Lipinski definition) is 1. The number of anilines is 1. The minimum Gasteiger partial charge on any atom is -0.493 e. The van der Waals surface area contributed by atoms with Gasteiger partial charge in [0.05, 0.1) is 36.6 Å². The molecule has 4 rings (SSSR count). The van der Waals surface area contributed by atoms with Crippen LogP contribution in [0.5, 0.6) is 11.5 Å². The van der Waals surface area contributed by atoms with E-state index in [2.05, 4.69) is 15.3 Å². The predicted molar refractivity (Wildman–Crippen MR) is 120 cm³/mol. The van der Waals surface area contributed by atoms with Crippen LogP contribution < -0.4 is 15.2 Å². The number of nitrogen functional groups attached to an aromatic ring is 1. The van der Waals surface area contributed by atoms with Crippen LogP contribution in [0.4, 0.5) is 5.13 Å². The number of hydrazone groups is 1. The molecule has 3 aromatic rings. The third-order valence-corrected chi connectivity index (χ3v) is 7.29. The highest BCUT2D eigenvalue weighted by molar-refractivity contribution is 8.01. The van der Waals surface area contributed by atoms with Crippen LogP contribution in [0.3, 0.4) is 0 Å². The fraction of sp³-hybridized carbons (Fsp3) is 0.263. The van der Waals surface area contributed by atoms with Gasteiger partial charge in [-0.1, -0.05) is 35.2 Å². The summed E-state index contributed by atoms with van der Waals surface area (Å²) in [5.41, 5.74) is 7.45. The molecule has 156 valence electrons. The predicted octanol–water partition coefficient (Wildman–Crippen LogP) is 3.67. The van der Waals surface area contributed by atoms with Gasteiger partial charge in [-0.3, -0.25) is 4.79 Å².